The fourth-order valence-corrected chi connectivity index (χ4v) is 5.34. The molecule has 1 saturated heterocycles. The van der Waals surface area contributed by atoms with Crippen molar-refractivity contribution in [1.29, 1.82) is 0 Å². The highest BCUT2D eigenvalue weighted by molar-refractivity contribution is 7.16. The van der Waals surface area contributed by atoms with Crippen LogP contribution in [0, 0.1) is 5.41 Å². The molecule has 36 heavy (non-hydrogen) atoms. The maximum absolute atomic E-state index is 12.8. The number of aryl methyl sites for hydroxylation is 1. The van der Waals surface area contributed by atoms with Crippen LogP contribution < -0.4 is 10.1 Å². The fourth-order valence-electron chi connectivity index (χ4n) is 4.62. The highest BCUT2D eigenvalue weighted by atomic mass is 32.1. The molecule has 0 bridgehead atoms. The molecule has 4 heterocycles. The quantitative estimate of drug-likeness (QED) is 0.364. The number of fused-ring (bicyclic) bond motifs is 2. The number of aromatic nitrogens is 5. The molecule has 1 amide bonds. The lowest BCUT2D eigenvalue weighted by atomic mass is 9.90. The highest BCUT2D eigenvalue weighted by Crippen LogP contribution is 2.38. The number of likely N-dealkylation sites (tertiary alicyclic amines) is 1. The Hall–Kier alpha value is -4.05. The second-order valence-corrected chi connectivity index (χ2v) is 10.4. The van der Waals surface area contributed by atoms with Crippen molar-refractivity contribution >= 4 is 49.9 Å². The summed E-state index contributed by atoms with van der Waals surface area (Å²) in [5, 5.41) is 8.51. The lowest BCUT2D eigenvalue weighted by Crippen LogP contribution is -2.34. The number of nitrogens with one attached hydrogen (secondary N) is 1. The Morgan fingerprint density at radius 1 is 1.11 bits per heavy atom. The first kappa shape index (κ1) is 22.4. The first-order valence-corrected chi connectivity index (χ1v) is 12.5. The summed E-state index contributed by atoms with van der Waals surface area (Å²) in [6.07, 6.45) is 6.06. The van der Waals surface area contributed by atoms with Crippen LogP contribution >= 0.6 is 11.3 Å². The summed E-state index contributed by atoms with van der Waals surface area (Å²) in [6, 6.07) is 10.0. The number of amides is 1. The topological polar surface area (TPSA) is 98.1 Å². The van der Waals surface area contributed by atoms with Gasteiger partial charge in [0.05, 0.1) is 38.2 Å². The van der Waals surface area contributed by atoms with Gasteiger partial charge < -0.3 is 15.0 Å². The molecule has 0 aliphatic carbocycles. The van der Waals surface area contributed by atoms with Crippen LogP contribution in [0.3, 0.4) is 0 Å². The van der Waals surface area contributed by atoms with Gasteiger partial charge in [0.1, 0.15) is 24.5 Å². The lowest BCUT2D eigenvalue weighted by Gasteiger charge is -2.23. The molecule has 0 radical (unpaired) electrons. The van der Waals surface area contributed by atoms with Crippen molar-refractivity contribution in [3.8, 4) is 16.9 Å². The van der Waals surface area contributed by atoms with E-state index < -0.39 is 5.41 Å². The number of ether oxygens (including phenoxy) is 1. The molecule has 1 unspecified atom stereocenters. The molecule has 2 aromatic carbocycles. The van der Waals surface area contributed by atoms with E-state index in [2.05, 4.69) is 31.4 Å². The van der Waals surface area contributed by atoms with E-state index in [4.69, 9.17) is 4.74 Å². The number of benzene rings is 2. The van der Waals surface area contributed by atoms with Crippen LogP contribution in [0.1, 0.15) is 13.3 Å². The smallest absolute Gasteiger partial charge is 0.231 e. The molecule has 182 valence electrons. The SMILES string of the molecule is CN1CCC(C)(COc2cc(-c3cnn(C)c3)cc3ncnc(Nc4ccc5ncsc5c4)c23)C1=O. The van der Waals surface area contributed by atoms with E-state index in [0.29, 0.717) is 11.6 Å². The van der Waals surface area contributed by atoms with Gasteiger partial charge in [-0.15, -0.1) is 11.3 Å². The van der Waals surface area contributed by atoms with E-state index >= 15 is 0 Å². The molecule has 9 nitrogen and oxygen atoms in total. The molecule has 1 aliphatic rings. The number of carbonyl (C=O) groups is 1. The number of hydrogen-bond donors (Lipinski definition) is 1. The number of rotatable bonds is 6. The van der Waals surface area contributed by atoms with Gasteiger partial charge in [-0.2, -0.15) is 5.10 Å². The van der Waals surface area contributed by atoms with Gasteiger partial charge in [-0.25, -0.2) is 15.0 Å². The molecular weight excluding hydrogens is 474 g/mol. The van der Waals surface area contributed by atoms with E-state index in [1.54, 1.807) is 27.2 Å². The Labute approximate surface area is 211 Å². The van der Waals surface area contributed by atoms with Crippen LogP contribution in [0.4, 0.5) is 11.5 Å². The van der Waals surface area contributed by atoms with Gasteiger partial charge in [-0.05, 0) is 49.2 Å². The zero-order valence-electron chi connectivity index (χ0n) is 20.2. The van der Waals surface area contributed by atoms with Crippen molar-refractivity contribution in [3.63, 3.8) is 0 Å². The molecule has 0 spiro atoms. The van der Waals surface area contributed by atoms with Crippen LogP contribution in [-0.4, -0.2) is 55.7 Å². The number of thiazole rings is 1. The zero-order chi connectivity index (χ0) is 24.9. The van der Waals surface area contributed by atoms with Crippen molar-refractivity contribution in [1.82, 2.24) is 29.6 Å². The number of nitrogens with zero attached hydrogens (tertiary/aromatic N) is 6. The molecule has 1 fully saturated rings. The average molecular weight is 500 g/mol. The average Bonchev–Trinajstić information content (AvgIpc) is 3.59. The zero-order valence-corrected chi connectivity index (χ0v) is 21.0. The van der Waals surface area contributed by atoms with Gasteiger partial charge in [-0.1, -0.05) is 0 Å². The Bertz CT molecular complexity index is 1610. The Morgan fingerprint density at radius 2 is 2.00 bits per heavy atom. The summed E-state index contributed by atoms with van der Waals surface area (Å²) in [6.45, 7) is 2.96. The highest BCUT2D eigenvalue weighted by Gasteiger charge is 2.42. The summed E-state index contributed by atoms with van der Waals surface area (Å²) in [5.74, 6) is 1.36. The van der Waals surface area contributed by atoms with Crippen molar-refractivity contribution in [2.75, 3.05) is 25.5 Å². The summed E-state index contributed by atoms with van der Waals surface area (Å²) >= 11 is 1.59. The number of hydrogen-bond acceptors (Lipinski definition) is 8. The standard InChI is InChI=1S/C26H25N7O2S/c1-26(6-7-32(2)25(26)34)13-35-21-9-16(17-11-30-33(3)12-17)8-20-23(21)24(28-14-27-20)31-18-4-5-19-22(10-18)36-15-29-19/h4-5,8-12,14-15H,6-7,13H2,1-3H3,(H,27,28,31). The third-order valence-corrected chi connectivity index (χ3v) is 7.53. The predicted octanol–water partition coefficient (Wildman–Crippen LogP) is 4.63. The number of carbonyl (C=O) groups excluding carboxylic acids is 1. The number of anilines is 2. The van der Waals surface area contributed by atoms with E-state index in [1.165, 1.54) is 0 Å². The molecule has 0 saturated carbocycles. The van der Waals surface area contributed by atoms with Gasteiger partial charge in [0, 0.05) is 38.1 Å². The van der Waals surface area contributed by atoms with Crippen LogP contribution in [0.15, 0.2) is 54.6 Å². The molecular formula is C26H25N7O2S. The van der Waals surface area contributed by atoms with Gasteiger partial charge in [0.15, 0.2) is 0 Å². The van der Waals surface area contributed by atoms with E-state index in [-0.39, 0.29) is 12.5 Å². The van der Waals surface area contributed by atoms with Crippen LogP contribution in [0.25, 0.3) is 32.2 Å². The first-order chi connectivity index (χ1) is 17.4. The normalized spacial score (nSPS) is 17.9. The van der Waals surface area contributed by atoms with Crippen molar-refractivity contribution < 1.29 is 9.53 Å². The summed E-state index contributed by atoms with van der Waals surface area (Å²) in [7, 11) is 3.72. The van der Waals surface area contributed by atoms with Crippen LogP contribution in [0.5, 0.6) is 5.75 Å². The molecule has 3 aromatic heterocycles. The summed E-state index contributed by atoms with van der Waals surface area (Å²) in [5.41, 5.74) is 5.74. The first-order valence-electron chi connectivity index (χ1n) is 11.7. The minimum Gasteiger partial charge on any atom is -0.492 e. The maximum atomic E-state index is 12.8. The van der Waals surface area contributed by atoms with E-state index in [0.717, 1.165) is 50.9 Å². The van der Waals surface area contributed by atoms with Crippen LogP contribution in [0.2, 0.25) is 0 Å². The monoisotopic (exact) mass is 499 g/mol. The third-order valence-electron chi connectivity index (χ3n) is 6.74. The summed E-state index contributed by atoms with van der Waals surface area (Å²) in [4.78, 5) is 28.0. The van der Waals surface area contributed by atoms with E-state index in [1.807, 2.05) is 63.2 Å². The fraction of sp³-hybridized carbons (Fsp3) is 0.269. The minimum atomic E-state index is -0.578. The molecule has 6 rings (SSSR count). The molecule has 10 heteroatoms. The van der Waals surface area contributed by atoms with Gasteiger partial charge in [0.25, 0.3) is 0 Å². The molecule has 1 atom stereocenters. The van der Waals surface area contributed by atoms with Crippen LogP contribution in [-0.2, 0) is 11.8 Å². The molecule has 5 aromatic rings. The Balaban J connectivity index is 1.43. The Morgan fingerprint density at radius 3 is 2.78 bits per heavy atom. The third kappa shape index (κ3) is 3.93. The van der Waals surface area contributed by atoms with Crippen molar-refractivity contribution in [2.45, 2.75) is 13.3 Å². The predicted molar refractivity (Wildman–Crippen MR) is 140 cm³/mol. The summed E-state index contributed by atoms with van der Waals surface area (Å²) < 4.78 is 9.28. The van der Waals surface area contributed by atoms with Crippen molar-refractivity contribution in [2.24, 2.45) is 12.5 Å². The minimum absolute atomic E-state index is 0.0997. The van der Waals surface area contributed by atoms with Crippen molar-refractivity contribution in [3.05, 3.63) is 54.6 Å². The van der Waals surface area contributed by atoms with Gasteiger partial charge in [-0.3, -0.25) is 9.48 Å². The van der Waals surface area contributed by atoms with Gasteiger partial charge >= 0.3 is 0 Å². The largest absolute Gasteiger partial charge is 0.492 e. The maximum Gasteiger partial charge on any atom is 0.231 e. The van der Waals surface area contributed by atoms with Gasteiger partial charge in [0.2, 0.25) is 5.91 Å². The second-order valence-electron chi connectivity index (χ2n) is 9.48. The second kappa shape index (κ2) is 8.56. The van der Waals surface area contributed by atoms with E-state index in [9.17, 15) is 4.79 Å². The molecule has 1 aliphatic heterocycles. The Kier molecular flexibility index (Phi) is 5.33. The molecule has 1 N–H and O–H groups in total. The lowest BCUT2D eigenvalue weighted by molar-refractivity contribution is -0.135.